The Morgan fingerprint density at radius 2 is 1.09 bits per heavy atom. The Hall–Kier alpha value is -4.06. The molecule has 0 atom stereocenters. The molecule has 1 N–H and O–H groups in total. The highest BCUT2D eigenvalue weighted by Gasteiger charge is 2.11. The molecule has 0 aliphatic carbocycles. The Morgan fingerprint density at radius 3 is 1.53 bits per heavy atom. The highest BCUT2D eigenvalue weighted by Crippen LogP contribution is 2.29. The van der Waals surface area contributed by atoms with Gasteiger partial charge in [-0.2, -0.15) is 0 Å². The monoisotopic (exact) mass is 432 g/mol. The summed E-state index contributed by atoms with van der Waals surface area (Å²) in [5.74, 6) is 1.54. The first kappa shape index (κ1) is 22.6. The largest absolute Gasteiger partial charge is 0.498 e. The predicted octanol–water partition coefficient (Wildman–Crippen LogP) is 5.93. The number of hydrogen-bond acceptors (Lipinski definition) is 6. The van der Waals surface area contributed by atoms with Crippen molar-refractivity contribution in [1.29, 1.82) is 0 Å². The maximum atomic E-state index is 5.69. The van der Waals surface area contributed by atoms with Crippen LogP contribution in [0, 0.1) is 0 Å². The van der Waals surface area contributed by atoms with Crippen molar-refractivity contribution in [2.45, 2.75) is 0 Å². The maximum absolute atomic E-state index is 5.69. The Bertz CT molecular complexity index is 884. The average molecular weight is 433 g/mol. The summed E-state index contributed by atoms with van der Waals surface area (Å²) in [6.07, 6.45) is 2.82. The molecule has 0 heterocycles. The number of anilines is 3. The first-order chi connectivity index (χ1) is 15.8. The number of hydrogen-bond donors (Lipinski definition) is 1. The van der Waals surface area contributed by atoms with Gasteiger partial charge >= 0.3 is 0 Å². The molecule has 0 amide bonds. The van der Waals surface area contributed by atoms with Crippen molar-refractivity contribution in [2.24, 2.45) is 0 Å². The second-order valence-corrected chi connectivity index (χ2v) is 6.57. The van der Waals surface area contributed by atoms with E-state index in [1.54, 1.807) is 0 Å². The minimum atomic E-state index is 0.455. The molecule has 0 saturated heterocycles. The van der Waals surface area contributed by atoms with Crippen molar-refractivity contribution in [3.8, 4) is 11.5 Å². The normalized spacial score (nSPS) is 10.0. The zero-order chi connectivity index (χ0) is 22.4. The van der Waals surface area contributed by atoms with Crippen molar-refractivity contribution in [1.82, 2.24) is 0 Å². The van der Waals surface area contributed by atoms with Crippen LogP contribution in [-0.2, 0) is 9.47 Å². The van der Waals surface area contributed by atoms with Crippen molar-refractivity contribution >= 4 is 17.1 Å². The van der Waals surface area contributed by atoms with E-state index >= 15 is 0 Å². The van der Waals surface area contributed by atoms with E-state index in [2.05, 4.69) is 18.6 Å². The highest BCUT2D eigenvalue weighted by molar-refractivity contribution is 5.69. The van der Waals surface area contributed by atoms with E-state index < -0.39 is 0 Å². The lowest BCUT2D eigenvalue weighted by molar-refractivity contribution is 0.179. The van der Waals surface area contributed by atoms with Crippen LogP contribution in [0.4, 0.5) is 17.1 Å². The molecule has 6 nitrogen and oxygen atoms in total. The number of ether oxygens (including phenoxy) is 4. The lowest BCUT2D eigenvalue weighted by Crippen LogP contribution is -2.24. The van der Waals surface area contributed by atoms with Gasteiger partial charge in [0, 0.05) is 0 Å². The molecular formula is C26H28N2O4. The Balaban J connectivity index is 1.73. The summed E-state index contributed by atoms with van der Waals surface area (Å²) < 4.78 is 21.6. The number of para-hydroxylation sites is 1. The number of nitrogens with zero attached hydrogens (tertiary/aromatic N) is 1. The van der Waals surface area contributed by atoms with Gasteiger partial charge < -0.3 is 18.9 Å². The van der Waals surface area contributed by atoms with Crippen LogP contribution in [0.1, 0.15) is 0 Å². The molecule has 0 fully saturated rings. The fourth-order valence-corrected chi connectivity index (χ4v) is 2.88. The van der Waals surface area contributed by atoms with Gasteiger partial charge in [-0.1, -0.05) is 31.4 Å². The second-order valence-electron chi connectivity index (χ2n) is 6.57. The minimum Gasteiger partial charge on any atom is -0.498 e. The van der Waals surface area contributed by atoms with Gasteiger partial charge in [0.05, 0.1) is 29.6 Å². The molecule has 3 aromatic rings. The van der Waals surface area contributed by atoms with Crippen LogP contribution in [0.2, 0.25) is 0 Å². The molecule has 0 aromatic heterocycles. The zero-order valence-corrected chi connectivity index (χ0v) is 18.0. The molecule has 6 heteroatoms. The lowest BCUT2D eigenvalue weighted by atomic mass is 10.2. The second kappa shape index (κ2) is 12.6. The van der Waals surface area contributed by atoms with Crippen LogP contribution < -0.4 is 19.9 Å². The van der Waals surface area contributed by atoms with Crippen LogP contribution in [0.15, 0.2) is 105 Å². The number of rotatable bonds is 14. The van der Waals surface area contributed by atoms with Crippen LogP contribution in [0.25, 0.3) is 0 Å². The standard InChI is InChI=1S/C26H28N2O4/c1-3-29-18-20-31-25-14-10-23(11-15-25)28(27-22-8-6-5-7-9-22)24-12-16-26(17-13-24)32-21-19-30-4-2/h3-17,27H,1-2,18-21H2. The van der Waals surface area contributed by atoms with E-state index in [-0.39, 0.29) is 0 Å². The van der Waals surface area contributed by atoms with E-state index in [4.69, 9.17) is 18.9 Å². The van der Waals surface area contributed by atoms with Crippen molar-refractivity contribution in [3.63, 3.8) is 0 Å². The third-order valence-corrected chi connectivity index (χ3v) is 4.38. The fraction of sp³-hybridized carbons (Fsp3) is 0.154. The molecule has 0 aliphatic rings. The van der Waals surface area contributed by atoms with Crippen LogP contribution >= 0.6 is 0 Å². The van der Waals surface area contributed by atoms with Gasteiger partial charge in [-0.05, 0) is 60.7 Å². The highest BCUT2D eigenvalue weighted by atomic mass is 16.5. The summed E-state index contributed by atoms with van der Waals surface area (Å²) >= 11 is 0. The quantitative estimate of drug-likeness (QED) is 0.194. The molecule has 0 bridgehead atoms. The summed E-state index contributed by atoms with van der Waals surface area (Å²) in [6.45, 7) is 8.87. The third kappa shape index (κ3) is 7.02. The summed E-state index contributed by atoms with van der Waals surface area (Å²) in [5.41, 5.74) is 6.34. The summed E-state index contributed by atoms with van der Waals surface area (Å²) in [5, 5.41) is 2.00. The zero-order valence-electron chi connectivity index (χ0n) is 18.0. The molecule has 0 saturated carbocycles. The summed E-state index contributed by atoms with van der Waals surface area (Å²) in [6, 6.07) is 25.7. The Kier molecular flexibility index (Phi) is 8.90. The van der Waals surface area contributed by atoms with Crippen LogP contribution in [0.3, 0.4) is 0 Å². The topological polar surface area (TPSA) is 52.2 Å². The van der Waals surface area contributed by atoms with Gasteiger partial charge in [-0.25, -0.2) is 0 Å². The molecule has 32 heavy (non-hydrogen) atoms. The minimum absolute atomic E-state index is 0.455. The van der Waals surface area contributed by atoms with Gasteiger partial charge in [-0.15, -0.1) is 0 Å². The molecule has 3 aromatic carbocycles. The Morgan fingerprint density at radius 1 is 0.625 bits per heavy atom. The Labute approximate surface area is 189 Å². The summed E-state index contributed by atoms with van der Waals surface area (Å²) in [7, 11) is 0. The van der Waals surface area contributed by atoms with E-state index in [9.17, 15) is 0 Å². The van der Waals surface area contributed by atoms with Gasteiger partial charge in [0.1, 0.15) is 37.9 Å². The van der Waals surface area contributed by atoms with E-state index in [1.165, 1.54) is 12.5 Å². The molecule has 0 spiro atoms. The average Bonchev–Trinajstić information content (AvgIpc) is 2.85. The SMILES string of the molecule is C=COCCOc1ccc(N(Nc2ccccc2)c2ccc(OCCOC=C)cc2)cc1. The van der Waals surface area contributed by atoms with Crippen LogP contribution in [0.5, 0.6) is 11.5 Å². The molecule has 166 valence electrons. The smallest absolute Gasteiger partial charge is 0.122 e. The van der Waals surface area contributed by atoms with Crippen molar-refractivity contribution < 1.29 is 18.9 Å². The van der Waals surface area contributed by atoms with Gasteiger partial charge in [0.15, 0.2) is 0 Å². The van der Waals surface area contributed by atoms with Gasteiger partial charge in [0.25, 0.3) is 0 Å². The lowest BCUT2D eigenvalue weighted by Gasteiger charge is -2.27. The number of benzene rings is 3. The van der Waals surface area contributed by atoms with E-state index in [0.717, 1.165) is 28.6 Å². The third-order valence-electron chi connectivity index (χ3n) is 4.38. The molecular weight excluding hydrogens is 404 g/mol. The van der Waals surface area contributed by atoms with Gasteiger partial charge in [0.2, 0.25) is 0 Å². The molecule has 3 rings (SSSR count). The van der Waals surface area contributed by atoms with Crippen LogP contribution in [-0.4, -0.2) is 26.4 Å². The first-order valence-electron chi connectivity index (χ1n) is 10.3. The summed E-state index contributed by atoms with van der Waals surface area (Å²) in [4.78, 5) is 0. The number of nitrogens with one attached hydrogen (secondary N) is 1. The maximum Gasteiger partial charge on any atom is 0.122 e. The van der Waals surface area contributed by atoms with E-state index in [0.29, 0.717) is 26.4 Å². The van der Waals surface area contributed by atoms with E-state index in [1.807, 2.05) is 83.9 Å². The molecule has 0 aliphatic heterocycles. The molecule has 0 radical (unpaired) electrons. The van der Waals surface area contributed by atoms with Crippen molar-refractivity contribution in [2.75, 3.05) is 36.9 Å². The van der Waals surface area contributed by atoms with Crippen molar-refractivity contribution in [3.05, 3.63) is 105 Å². The number of hydrazine groups is 1. The predicted molar refractivity (Wildman–Crippen MR) is 128 cm³/mol. The van der Waals surface area contributed by atoms with Gasteiger partial charge in [-0.3, -0.25) is 10.4 Å². The first-order valence-corrected chi connectivity index (χ1v) is 10.3. The molecule has 0 unspecified atom stereocenters. The fourth-order valence-electron chi connectivity index (χ4n) is 2.88.